The van der Waals surface area contributed by atoms with Crippen molar-refractivity contribution in [3.05, 3.63) is 60.9 Å². The summed E-state index contributed by atoms with van der Waals surface area (Å²) in [5.74, 6) is -1.59. The Hall–Kier alpha value is -4.02. The maximum Gasteiger partial charge on any atom is 0.348 e. The summed E-state index contributed by atoms with van der Waals surface area (Å²) in [5, 5.41) is 12.0. The number of ether oxygens (including phenoxy) is 3. The number of methoxy groups -OCH3 is 1. The number of benzene rings is 1. The van der Waals surface area contributed by atoms with Gasteiger partial charge in [-0.1, -0.05) is 0 Å². The van der Waals surface area contributed by atoms with Crippen molar-refractivity contribution in [2.24, 2.45) is 0 Å². The van der Waals surface area contributed by atoms with Gasteiger partial charge in [0.05, 0.1) is 31.7 Å². The van der Waals surface area contributed by atoms with Gasteiger partial charge in [-0.05, 0) is 65.3 Å². The van der Waals surface area contributed by atoms with Crippen molar-refractivity contribution < 1.29 is 28.2 Å². The summed E-state index contributed by atoms with van der Waals surface area (Å²) in [7, 11) is 1.38. The number of carbonyl (C=O) groups excluding carboxylic acids is 2. The van der Waals surface area contributed by atoms with Gasteiger partial charge in [-0.2, -0.15) is 5.26 Å². The van der Waals surface area contributed by atoms with E-state index < -0.39 is 47.2 Å². The molecule has 3 aromatic rings. The molecule has 0 aliphatic rings. The monoisotopic (exact) mass is 588 g/mol. The van der Waals surface area contributed by atoms with Crippen molar-refractivity contribution in [2.45, 2.75) is 65.8 Å². The van der Waals surface area contributed by atoms with Crippen molar-refractivity contribution >= 4 is 33.4 Å². The molecule has 0 radical (unpaired) electrons. The fourth-order valence-corrected chi connectivity index (χ4v) is 5.63. The van der Waals surface area contributed by atoms with E-state index in [2.05, 4.69) is 5.32 Å². The third-order valence-electron chi connectivity index (χ3n) is 6.44. The largest absolute Gasteiger partial charge is 0.496 e. The lowest BCUT2D eigenvalue weighted by atomic mass is 10.0. The summed E-state index contributed by atoms with van der Waals surface area (Å²) in [5.41, 5.74) is -2.76. The minimum absolute atomic E-state index is 0.0494. The number of nitriles is 1. The molecule has 0 unspecified atom stereocenters. The van der Waals surface area contributed by atoms with E-state index in [1.54, 1.807) is 27.7 Å². The lowest BCUT2D eigenvalue weighted by molar-refractivity contribution is -0.129. The zero-order valence-electron chi connectivity index (χ0n) is 24.0. The smallest absolute Gasteiger partial charge is 0.348 e. The van der Waals surface area contributed by atoms with Crippen molar-refractivity contribution in [1.29, 1.82) is 5.26 Å². The van der Waals surface area contributed by atoms with E-state index in [1.165, 1.54) is 43.7 Å². The molecule has 2 aromatic heterocycles. The molecule has 0 aliphatic carbocycles. The number of carbonyl (C=O) groups is 2. The topological polar surface area (TPSA) is 142 Å². The summed E-state index contributed by atoms with van der Waals surface area (Å²) in [4.78, 5) is 54.3. The third kappa shape index (κ3) is 6.18. The van der Waals surface area contributed by atoms with Gasteiger partial charge in [0.15, 0.2) is 0 Å². The van der Waals surface area contributed by atoms with E-state index in [-0.39, 0.29) is 51.2 Å². The Labute approximate surface area is 240 Å². The van der Waals surface area contributed by atoms with Crippen molar-refractivity contribution in [1.82, 2.24) is 14.5 Å². The fourth-order valence-electron chi connectivity index (χ4n) is 4.43. The number of nitrogens with zero attached hydrogens (tertiary/aromatic N) is 3. The zero-order valence-corrected chi connectivity index (χ0v) is 24.8. The van der Waals surface area contributed by atoms with Crippen molar-refractivity contribution in [3.63, 3.8) is 0 Å². The van der Waals surface area contributed by atoms with Gasteiger partial charge in [-0.25, -0.2) is 18.5 Å². The normalized spacial score (nSPS) is 12.3. The Bertz CT molecular complexity index is 1630. The third-order valence-corrected chi connectivity index (χ3v) is 7.74. The number of amides is 1. The Morgan fingerprint density at radius 2 is 1.93 bits per heavy atom. The number of aromatic nitrogens is 2. The van der Waals surface area contributed by atoms with Crippen LogP contribution in [0.2, 0.25) is 0 Å². The number of hydrogen-bond acceptors (Lipinski definition) is 9. The molecule has 0 aliphatic heterocycles. The van der Waals surface area contributed by atoms with Gasteiger partial charge >= 0.3 is 11.7 Å². The molecule has 220 valence electrons. The molecule has 1 amide bonds. The molecule has 41 heavy (non-hydrogen) atoms. The summed E-state index contributed by atoms with van der Waals surface area (Å²) >= 11 is 0.888. The SMILES string of the molecule is CCOC(=O)c1sc2c(c1C)c(=O)n(C(C)(C)C(=O)NC(C)C)c(=O)n2C[C@H](OCC#N)c1cc(F)ccc1OC. The first-order valence-electron chi connectivity index (χ1n) is 12.9. The minimum atomic E-state index is -1.65. The van der Waals surface area contributed by atoms with Crippen LogP contribution in [0.4, 0.5) is 4.39 Å². The lowest BCUT2D eigenvalue weighted by Crippen LogP contribution is -2.56. The van der Waals surface area contributed by atoms with E-state index in [9.17, 15) is 28.8 Å². The van der Waals surface area contributed by atoms with Crippen LogP contribution in [0.25, 0.3) is 10.2 Å². The van der Waals surface area contributed by atoms with Crippen LogP contribution < -0.4 is 21.3 Å². The number of fused-ring (bicyclic) bond motifs is 1. The number of nitrogens with one attached hydrogen (secondary N) is 1. The molecule has 0 bridgehead atoms. The molecule has 1 atom stereocenters. The molecule has 13 heteroatoms. The summed E-state index contributed by atoms with van der Waals surface area (Å²) in [6.45, 7) is 8.97. The molecule has 0 spiro atoms. The second-order valence-electron chi connectivity index (χ2n) is 10.0. The van der Waals surface area contributed by atoms with E-state index in [1.807, 2.05) is 6.07 Å². The number of esters is 1. The number of aryl methyl sites for hydroxylation is 1. The molecular weight excluding hydrogens is 555 g/mol. The molecular formula is C28H33FN4O7S. The van der Waals surface area contributed by atoms with Gasteiger partial charge in [0.1, 0.15) is 39.5 Å². The van der Waals surface area contributed by atoms with Gasteiger partial charge in [0.2, 0.25) is 5.91 Å². The van der Waals surface area contributed by atoms with Gasteiger partial charge in [0.25, 0.3) is 5.56 Å². The first kappa shape index (κ1) is 31.5. The number of thiophene rings is 1. The van der Waals surface area contributed by atoms with E-state index >= 15 is 0 Å². The highest BCUT2D eigenvalue weighted by Gasteiger charge is 2.36. The van der Waals surface area contributed by atoms with Crippen LogP contribution in [0.15, 0.2) is 27.8 Å². The molecule has 2 heterocycles. The molecule has 11 nitrogen and oxygen atoms in total. The van der Waals surface area contributed by atoms with Crippen LogP contribution in [0.5, 0.6) is 5.75 Å². The van der Waals surface area contributed by atoms with Gasteiger partial charge in [-0.3, -0.25) is 14.2 Å². The summed E-state index contributed by atoms with van der Waals surface area (Å²) in [6.07, 6.45) is -1.09. The summed E-state index contributed by atoms with van der Waals surface area (Å²) < 4.78 is 32.7. The van der Waals surface area contributed by atoms with Crippen LogP contribution in [-0.4, -0.2) is 47.4 Å². The quantitative estimate of drug-likeness (QED) is 0.336. The maximum atomic E-state index is 14.3. The van der Waals surface area contributed by atoms with Crippen LogP contribution >= 0.6 is 11.3 Å². The highest BCUT2D eigenvalue weighted by Crippen LogP contribution is 2.33. The van der Waals surface area contributed by atoms with Crippen LogP contribution in [-0.2, 0) is 26.4 Å². The number of halogens is 1. The average molecular weight is 589 g/mol. The zero-order chi connectivity index (χ0) is 30.6. The van der Waals surface area contributed by atoms with Crippen LogP contribution in [0.1, 0.15) is 61.5 Å². The van der Waals surface area contributed by atoms with E-state index in [0.717, 1.165) is 15.9 Å². The second-order valence-corrected chi connectivity index (χ2v) is 11.0. The van der Waals surface area contributed by atoms with E-state index in [4.69, 9.17) is 14.2 Å². The van der Waals surface area contributed by atoms with Gasteiger partial charge < -0.3 is 19.5 Å². The molecule has 0 fully saturated rings. The van der Waals surface area contributed by atoms with Crippen molar-refractivity contribution in [2.75, 3.05) is 20.3 Å². The van der Waals surface area contributed by atoms with Crippen molar-refractivity contribution in [3.8, 4) is 11.8 Å². The average Bonchev–Trinajstić information content (AvgIpc) is 3.25. The van der Waals surface area contributed by atoms with E-state index in [0.29, 0.717) is 0 Å². The Morgan fingerprint density at radius 3 is 2.51 bits per heavy atom. The molecule has 3 rings (SSSR count). The lowest BCUT2D eigenvalue weighted by Gasteiger charge is -2.28. The highest BCUT2D eigenvalue weighted by atomic mass is 32.1. The molecule has 0 saturated carbocycles. The molecule has 1 aromatic carbocycles. The Balaban J connectivity index is 2.41. The van der Waals surface area contributed by atoms with Crippen LogP contribution in [0.3, 0.4) is 0 Å². The number of rotatable bonds is 11. The Kier molecular flexibility index (Phi) is 9.73. The van der Waals surface area contributed by atoms with Gasteiger partial charge in [-0.15, -0.1) is 11.3 Å². The highest BCUT2D eigenvalue weighted by molar-refractivity contribution is 7.20. The predicted octanol–water partition coefficient (Wildman–Crippen LogP) is 3.40. The second kappa shape index (κ2) is 12.7. The maximum absolute atomic E-state index is 14.3. The van der Waals surface area contributed by atoms with Crippen LogP contribution in [0, 0.1) is 24.1 Å². The Morgan fingerprint density at radius 1 is 1.24 bits per heavy atom. The van der Waals surface area contributed by atoms with Gasteiger partial charge in [0, 0.05) is 11.6 Å². The predicted molar refractivity (Wildman–Crippen MR) is 151 cm³/mol. The number of hydrogen-bond donors (Lipinski definition) is 1. The minimum Gasteiger partial charge on any atom is -0.496 e. The first-order valence-corrected chi connectivity index (χ1v) is 13.7. The summed E-state index contributed by atoms with van der Waals surface area (Å²) in [6, 6.07) is 5.35. The molecule has 0 saturated heterocycles. The fraction of sp³-hybridized carbons (Fsp3) is 0.464. The molecule has 1 N–H and O–H groups in total. The first-order chi connectivity index (χ1) is 19.3. The standard InChI is InChI=1S/C28H33FN4O7S/c1-8-39-25(35)22-16(4)21-23(34)33(28(5,6)26(36)31-15(2)3)27(37)32(24(21)41-22)14-20(40-12-11-30)18-13-17(29)9-10-19(18)38-7/h9-10,13,15,20H,8,12,14H2,1-7H3,(H,31,36)/t20-/m0/s1.